The lowest BCUT2D eigenvalue weighted by Gasteiger charge is -2.38. The average molecular weight is 205 g/mol. The van der Waals surface area contributed by atoms with Crippen LogP contribution in [-0.4, -0.2) is 25.7 Å². The molecule has 3 nitrogen and oxygen atoms in total. The van der Waals surface area contributed by atoms with Gasteiger partial charge in [0.15, 0.2) is 0 Å². The maximum Gasteiger partial charge on any atom is 0.251 e. The van der Waals surface area contributed by atoms with Crippen LogP contribution in [0.3, 0.4) is 0 Å². The molecule has 1 aromatic carbocycles. The number of amides is 1. The highest BCUT2D eigenvalue weighted by atomic mass is 16.5. The smallest absolute Gasteiger partial charge is 0.251 e. The monoisotopic (exact) mass is 205 g/mol. The normalized spacial score (nSPS) is 17.9. The van der Waals surface area contributed by atoms with Crippen molar-refractivity contribution < 1.29 is 9.53 Å². The molecule has 1 saturated heterocycles. The third kappa shape index (κ3) is 2.36. The Morgan fingerprint density at radius 3 is 2.60 bits per heavy atom. The SMILES string of the molecule is CC1(CNC(=O)c2ccccc2)COC1. The van der Waals surface area contributed by atoms with E-state index in [1.807, 2.05) is 30.3 Å². The van der Waals surface area contributed by atoms with Gasteiger partial charge in [-0.05, 0) is 12.1 Å². The summed E-state index contributed by atoms with van der Waals surface area (Å²) < 4.78 is 5.12. The summed E-state index contributed by atoms with van der Waals surface area (Å²) in [7, 11) is 0. The second-order valence-corrected chi connectivity index (χ2v) is 4.35. The van der Waals surface area contributed by atoms with Crippen LogP contribution in [0.25, 0.3) is 0 Å². The van der Waals surface area contributed by atoms with Crippen molar-refractivity contribution in [3.8, 4) is 0 Å². The second-order valence-electron chi connectivity index (χ2n) is 4.35. The first-order chi connectivity index (χ1) is 7.20. The minimum absolute atomic E-state index is 0.0104. The lowest BCUT2D eigenvalue weighted by Crippen LogP contribution is -2.48. The third-order valence-corrected chi connectivity index (χ3v) is 2.61. The largest absolute Gasteiger partial charge is 0.380 e. The molecule has 15 heavy (non-hydrogen) atoms. The van der Waals surface area contributed by atoms with E-state index in [-0.39, 0.29) is 11.3 Å². The Kier molecular flexibility index (Phi) is 2.73. The lowest BCUT2D eigenvalue weighted by molar-refractivity contribution is -0.0978. The zero-order valence-corrected chi connectivity index (χ0v) is 8.82. The standard InChI is InChI=1S/C12H15NO2/c1-12(8-15-9-12)7-13-11(14)10-5-3-2-4-6-10/h2-6H,7-9H2,1H3,(H,13,14). The van der Waals surface area contributed by atoms with E-state index in [0.29, 0.717) is 12.1 Å². The molecular formula is C12H15NO2. The van der Waals surface area contributed by atoms with Gasteiger partial charge in [0.25, 0.3) is 5.91 Å². The van der Waals surface area contributed by atoms with Gasteiger partial charge in [-0.3, -0.25) is 4.79 Å². The topological polar surface area (TPSA) is 38.3 Å². The van der Waals surface area contributed by atoms with Crippen LogP contribution in [0.1, 0.15) is 17.3 Å². The summed E-state index contributed by atoms with van der Waals surface area (Å²) >= 11 is 0. The van der Waals surface area contributed by atoms with Gasteiger partial charge in [0.1, 0.15) is 0 Å². The molecule has 0 atom stereocenters. The zero-order valence-electron chi connectivity index (χ0n) is 8.82. The molecule has 0 unspecified atom stereocenters. The Morgan fingerprint density at radius 1 is 1.40 bits per heavy atom. The number of carbonyl (C=O) groups is 1. The van der Waals surface area contributed by atoms with E-state index in [1.165, 1.54) is 0 Å². The molecule has 3 heteroatoms. The molecule has 0 aromatic heterocycles. The summed E-state index contributed by atoms with van der Waals surface area (Å²) in [4.78, 5) is 11.7. The van der Waals surface area contributed by atoms with Crippen molar-refractivity contribution in [1.82, 2.24) is 5.32 Å². The molecule has 0 spiro atoms. The fourth-order valence-corrected chi connectivity index (χ4v) is 1.54. The highest BCUT2D eigenvalue weighted by Crippen LogP contribution is 2.25. The Bertz CT molecular complexity index is 344. The van der Waals surface area contributed by atoms with Crippen LogP contribution in [0.2, 0.25) is 0 Å². The Labute approximate surface area is 89.4 Å². The summed E-state index contributed by atoms with van der Waals surface area (Å²) in [6.45, 7) is 4.27. The van der Waals surface area contributed by atoms with Crippen LogP contribution in [0.5, 0.6) is 0 Å². The van der Waals surface area contributed by atoms with Crippen molar-refractivity contribution in [1.29, 1.82) is 0 Å². The van der Waals surface area contributed by atoms with E-state index >= 15 is 0 Å². The van der Waals surface area contributed by atoms with Gasteiger partial charge in [0, 0.05) is 17.5 Å². The van der Waals surface area contributed by atoms with E-state index < -0.39 is 0 Å². The quantitative estimate of drug-likeness (QED) is 0.811. The second kappa shape index (κ2) is 4.03. The molecule has 0 radical (unpaired) electrons. The molecule has 0 bridgehead atoms. The fourth-order valence-electron chi connectivity index (χ4n) is 1.54. The van der Waals surface area contributed by atoms with Crippen LogP contribution in [-0.2, 0) is 4.74 Å². The van der Waals surface area contributed by atoms with Gasteiger partial charge in [-0.1, -0.05) is 25.1 Å². The molecule has 0 aliphatic carbocycles. The Balaban J connectivity index is 1.88. The molecule has 1 aromatic rings. The molecule has 2 rings (SSSR count). The van der Waals surface area contributed by atoms with E-state index in [4.69, 9.17) is 4.74 Å². The van der Waals surface area contributed by atoms with Crippen LogP contribution in [0.15, 0.2) is 30.3 Å². The molecule has 80 valence electrons. The number of ether oxygens (including phenoxy) is 1. The number of rotatable bonds is 3. The van der Waals surface area contributed by atoms with Gasteiger partial charge >= 0.3 is 0 Å². The van der Waals surface area contributed by atoms with E-state index in [1.54, 1.807) is 0 Å². The van der Waals surface area contributed by atoms with E-state index in [2.05, 4.69) is 12.2 Å². The molecule has 1 heterocycles. The van der Waals surface area contributed by atoms with Gasteiger partial charge in [0.05, 0.1) is 13.2 Å². The molecule has 1 amide bonds. The summed E-state index contributed by atoms with van der Waals surface area (Å²) in [5.74, 6) is -0.0104. The van der Waals surface area contributed by atoms with Crippen molar-refractivity contribution in [2.45, 2.75) is 6.92 Å². The van der Waals surface area contributed by atoms with Gasteiger partial charge in [-0.25, -0.2) is 0 Å². The highest BCUT2D eigenvalue weighted by molar-refractivity contribution is 5.94. The van der Waals surface area contributed by atoms with Crippen molar-refractivity contribution in [3.63, 3.8) is 0 Å². The first-order valence-electron chi connectivity index (χ1n) is 5.11. The summed E-state index contributed by atoms with van der Waals surface area (Å²) in [5.41, 5.74) is 0.839. The predicted molar refractivity (Wildman–Crippen MR) is 57.7 cm³/mol. The summed E-state index contributed by atoms with van der Waals surface area (Å²) in [6.07, 6.45) is 0. The van der Waals surface area contributed by atoms with Gasteiger partial charge in [-0.15, -0.1) is 0 Å². The van der Waals surface area contributed by atoms with E-state index in [9.17, 15) is 4.79 Å². The molecule has 0 saturated carbocycles. The maximum atomic E-state index is 11.7. The number of hydrogen-bond donors (Lipinski definition) is 1. The van der Waals surface area contributed by atoms with Gasteiger partial charge in [0.2, 0.25) is 0 Å². The Hall–Kier alpha value is -1.35. The van der Waals surface area contributed by atoms with Gasteiger partial charge < -0.3 is 10.1 Å². The van der Waals surface area contributed by atoms with Crippen LogP contribution < -0.4 is 5.32 Å². The maximum absolute atomic E-state index is 11.7. The third-order valence-electron chi connectivity index (χ3n) is 2.61. The minimum atomic E-state index is -0.0104. The predicted octanol–water partition coefficient (Wildman–Crippen LogP) is 1.45. The minimum Gasteiger partial charge on any atom is -0.380 e. The van der Waals surface area contributed by atoms with Gasteiger partial charge in [-0.2, -0.15) is 0 Å². The molecule has 1 aliphatic rings. The van der Waals surface area contributed by atoms with Crippen molar-refractivity contribution >= 4 is 5.91 Å². The first-order valence-corrected chi connectivity index (χ1v) is 5.11. The Morgan fingerprint density at radius 2 is 2.07 bits per heavy atom. The van der Waals surface area contributed by atoms with Crippen molar-refractivity contribution in [2.24, 2.45) is 5.41 Å². The first kappa shape index (κ1) is 10.2. The number of hydrogen-bond acceptors (Lipinski definition) is 2. The zero-order chi connectivity index (χ0) is 10.7. The van der Waals surface area contributed by atoms with Crippen LogP contribution in [0, 0.1) is 5.41 Å². The molecular weight excluding hydrogens is 190 g/mol. The molecule has 1 aliphatic heterocycles. The highest BCUT2D eigenvalue weighted by Gasteiger charge is 2.33. The lowest BCUT2D eigenvalue weighted by atomic mass is 9.89. The van der Waals surface area contributed by atoms with Crippen molar-refractivity contribution in [2.75, 3.05) is 19.8 Å². The molecule has 1 N–H and O–H groups in total. The summed E-state index contributed by atoms with van der Waals surface area (Å²) in [6, 6.07) is 9.26. The molecule has 1 fully saturated rings. The average Bonchev–Trinajstić information content (AvgIpc) is 2.24. The van der Waals surface area contributed by atoms with Crippen molar-refractivity contribution in [3.05, 3.63) is 35.9 Å². The number of nitrogens with one attached hydrogen (secondary N) is 1. The summed E-state index contributed by atoms with van der Waals surface area (Å²) in [5, 5.41) is 2.92. The number of carbonyl (C=O) groups excluding carboxylic acids is 1. The van der Waals surface area contributed by atoms with Crippen LogP contribution >= 0.6 is 0 Å². The van der Waals surface area contributed by atoms with E-state index in [0.717, 1.165) is 13.2 Å². The number of benzene rings is 1. The van der Waals surface area contributed by atoms with Crippen LogP contribution in [0.4, 0.5) is 0 Å². The fraction of sp³-hybridized carbons (Fsp3) is 0.417.